The number of nitrogens with zero attached hydrogens (tertiary/aromatic N) is 2. The summed E-state index contributed by atoms with van der Waals surface area (Å²) >= 11 is 1.12. The van der Waals surface area contributed by atoms with Crippen molar-refractivity contribution in [1.82, 2.24) is 10.3 Å². The van der Waals surface area contributed by atoms with Crippen LogP contribution in [0.15, 0.2) is 11.4 Å². The van der Waals surface area contributed by atoms with Gasteiger partial charge < -0.3 is 10.4 Å². The number of thiazole rings is 1. The smallest absolute Gasteiger partial charge is 0.355 e. The molecule has 2 rings (SSSR count). The molecule has 0 fully saturated rings. The molecule has 0 spiro atoms. The molecule has 8 nitrogen and oxygen atoms in total. The molecule has 2 N–H and O–H groups in total. The number of nitro benzene ring substituents is 1. The number of carboxylic acid groups (broad SMARTS) is 1. The molecule has 0 aliphatic rings. The van der Waals surface area contributed by atoms with Crippen LogP contribution < -0.4 is 5.32 Å². The Morgan fingerprint density at radius 3 is 2.54 bits per heavy atom. The fourth-order valence-corrected chi connectivity index (χ4v) is 3.25. The van der Waals surface area contributed by atoms with Crippen LogP contribution in [0.4, 0.5) is 5.69 Å². The molecule has 0 aliphatic carbocycles. The summed E-state index contributed by atoms with van der Waals surface area (Å²) in [7, 11) is 0. The second kappa shape index (κ2) is 6.75. The average Bonchev–Trinajstić information content (AvgIpc) is 2.93. The summed E-state index contributed by atoms with van der Waals surface area (Å²) in [6, 6.07) is 1.60. The Balaban J connectivity index is 2.24. The van der Waals surface area contributed by atoms with Crippen LogP contribution in [-0.4, -0.2) is 26.9 Å². The van der Waals surface area contributed by atoms with E-state index in [1.807, 2.05) is 0 Å². The average molecular weight is 349 g/mol. The molecule has 1 heterocycles. The van der Waals surface area contributed by atoms with Crippen molar-refractivity contribution in [1.29, 1.82) is 0 Å². The van der Waals surface area contributed by atoms with E-state index in [2.05, 4.69) is 10.3 Å². The lowest BCUT2D eigenvalue weighted by atomic mass is 9.97. The number of carbonyl (C=O) groups is 2. The highest BCUT2D eigenvalue weighted by molar-refractivity contribution is 7.09. The molecular weight excluding hydrogens is 334 g/mol. The van der Waals surface area contributed by atoms with Gasteiger partial charge in [0.05, 0.1) is 17.0 Å². The second-order valence-corrected chi connectivity index (χ2v) is 6.17. The molecule has 2 aromatic rings. The quantitative estimate of drug-likeness (QED) is 0.632. The molecule has 126 valence electrons. The minimum absolute atomic E-state index is 0.0529. The van der Waals surface area contributed by atoms with Gasteiger partial charge in [0.25, 0.3) is 11.6 Å². The van der Waals surface area contributed by atoms with Crippen LogP contribution in [0, 0.1) is 30.9 Å². The van der Waals surface area contributed by atoms with Gasteiger partial charge in [-0.25, -0.2) is 9.78 Å². The third-order valence-corrected chi connectivity index (χ3v) is 4.36. The molecule has 1 amide bonds. The maximum Gasteiger partial charge on any atom is 0.355 e. The summed E-state index contributed by atoms with van der Waals surface area (Å²) in [6.07, 6.45) is 0. The minimum atomic E-state index is -1.13. The van der Waals surface area contributed by atoms with Gasteiger partial charge in [0, 0.05) is 16.5 Å². The molecule has 24 heavy (non-hydrogen) atoms. The summed E-state index contributed by atoms with van der Waals surface area (Å²) in [4.78, 5) is 37.8. The molecule has 1 aromatic carbocycles. The van der Waals surface area contributed by atoms with E-state index in [0.717, 1.165) is 11.3 Å². The number of carboxylic acids is 1. The van der Waals surface area contributed by atoms with Crippen LogP contribution in [0.3, 0.4) is 0 Å². The van der Waals surface area contributed by atoms with E-state index in [4.69, 9.17) is 5.11 Å². The summed E-state index contributed by atoms with van der Waals surface area (Å²) in [5, 5.41) is 24.5. The number of aryl methyl sites for hydroxylation is 2. The minimum Gasteiger partial charge on any atom is -0.476 e. The number of hydrogen-bond acceptors (Lipinski definition) is 6. The number of nitrogens with one attached hydrogen (secondary N) is 1. The molecule has 0 saturated heterocycles. The van der Waals surface area contributed by atoms with Crippen LogP contribution in [0.2, 0.25) is 0 Å². The van der Waals surface area contributed by atoms with Crippen molar-refractivity contribution >= 4 is 28.9 Å². The van der Waals surface area contributed by atoms with Crippen molar-refractivity contribution < 1.29 is 19.6 Å². The molecule has 0 unspecified atom stereocenters. The van der Waals surface area contributed by atoms with Gasteiger partial charge in [0.2, 0.25) is 0 Å². The monoisotopic (exact) mass is 349 g/mol. The number of hydrogen-bond donors (Lipinski definition) is 2. The van der Waals surface area contributed by atoms with Crippen LogP contribution in [-0.2, 0) is 6.54 Å². The van der Waals surface area contributed by atoms with Gasteiger partial charge in [-0.05, 0) is 32.4 Å². The lowest BCUT2D eigenvalue weighted by Crippen LogP contribution is -2.25. The largest absolute Gasteiger partial charge is 0.476 e. The first-order chi connectivity index (χ1) is 11.2. The van der Waals surface area contributed by atoms with E-state index in [9.17, 15) is 19.7 Å². The Kier molecular flexibility index (Phi) is 4.93. The molecule has 9 heteroatoms. The highest BCUT2D eigenvalue weighted by Crippen LogP contribution is 2.28. The normalized spacial score (nSPS) is 10.5. The van der Waals surface area contributed by atoms with Gasteiger partial charge in [0.15, 0.2) is 5.69 Å². The number of carbonyl (C=O) groups excluding carboxylic acids is 1. The zero-order chi connectivity index (χ0) is 18.0. The van der Waals surface area contributed by atoms with E-state index in [1.165, 1.54) is 5.38 Å². The van der Waals surface area contributed by atoms with E-state index in [-0.39, 0.29) is 23.5 Å². The number of rotatable bonds is 5. The molecule has 0 saturated carbocycles. The maximum atomic E-state index is 12.4. The SMILES string of the molecule is Cc1cc(C)c([N+](=O)[O-])c(C)c1C(=O)NCc1nc(C(=O)O)cs1. The van der Waals surface area contributed by atoms with E-state index in [1.54, 1.807) is 26.8 Å². The topological polar surface area (TPSA) is 122 Å². The van der Waals surface area contributed by atoms with Crippen molar-refractivity contribution in [2.75, 3.05) is 0 Å². The first kappa shape index (κ1) is 17.5. The highest BCUT2D eigenvalue weighted by atomic mass is 32.1. The van der Waals surface area contributed by atoms with E-state index in [0.29, 0.717) is 21.7 Å². The number of benzene rings is 1. The zero-order valence-corrected chi connectivity index (χ0v) is 14.1. The van der Waals surface area contributed by atoms with Gasteiger partial charge in [-0.15, -0.1) is 11.3 Å². The summed E-state index contributed by atoms with van der Waals surface area (Å²) in [5.74, 6) is -1.59. The number of aromatic nitrogens is 1. The third-order valence-electron chi connectivity index (χ3n) is 3.51. The van der Waals surface area contributed by atoms with Crippen molar-refractivity contribution in [3.63, 3.8) is 0 Å². The predicted octanol–water partition coefficient (Wildman–Crippen LogP) is 2.60. The molecule has 1 aromatic heterocycles. The fraction of sp³-hybridized carbons (Fsp3) is 0.267. The summed E-state index contributed by atoms with van der Waals surface area (Å²) in [5.41, 5.74) is 1.54. The first-order valence-electron chi connectivity index (χ1n) is 6.93. The molecule has 0 aliphatic heterocycles. The molecular formula is C15H15N3O5S. The Morgan fingerprint density at radius 1 is 1.33 bits per heavy atom. The van der Waals surface area contributed by atoms with E-state index >= 15 is 0 Å². The van der Waals surface area contributed by atoms with E-state index < -0.39 is 16.8 Å². The van der Waals surface area contributed by atoms with Gasteiger partial charge in [0.1, 0.15) is 5.01 Å². The predicted molar refractivity (Wildman–Crippen MR) is 87.6 cm³/mol. The van der Waals surface area contributed by atoms with Crippen molar-refractivity contribution in [3.8, 4) is 0 Å². The van der Waals surface area contributed by atoms with Gasteiger partial charge in [-0.3, -0.25) is 14.9 Å². The molecule has 0 radical (unpaired) electrons. The Hall–Kier alpha value is -2.81. The summed E-state index contributed by atoms with van der Waals surface area (Å²) in [6.45, 7) is 4.93. The second-order valence-electron chi connectivity index (χ2n) is 5.23. The Bertz CT molecular complexity index is 844. The van der Waals surface area contributed by atoms with Crippen molar-refractivity contribution in [3.05, 3.63) is 54.5 Å². The maximum absolute atomic E-state index is 12.4. The lowest BCUT2D eigenvalue weighted by Gasteiger charge is -2.12. The van der Waals surface area contributed by atoms with Crippen molar-refractivity contribution in [2.24, 2.45) is 0 Å². The van der Waals surface area contributed by atoms with Crippen LogP contribution in [0.25, 0.3) is 0 Å². The van der Waals surface area contributed by atoms with Gasteiger partial charge in [-0.1, -0.05) is 0 Å². The van der Waals surface area contributed by atoms with Crippen molar-refractivity contribution in [2.45, 2.75) is 27.3 Å². The highest BCUT2D eigenvalue weighted by Gasteiger charge is 2.23. The Labute approximate surface area is 141 Å². The standard InChI is InChI=1S/C15H15N3O5S/c1-7-4-8(2)13(18(22)23)9(3)12(7)14(19)16-5-11-17-10(6-24-11)15(20)21/h4,6H,5H2,1-3H3,(H,16,19)(H,20,21). The first-order valence-corrected chi connectivity index (χ1v) is 7.81. The number of nitro groups is 1. The number of aromatic carboxylic acids is 1. The molecule has 0 bridgehead atoms. The van der Waals surface area contributed by atoms with Gasteiger partial charge in [-0.2, -0.15) is 0 Å². The van der Waals surface area contributed by atoms with Crippen LogP contribution in [0.5, 0.6) is 0 Å². The fourth-order valence-electron chi connectivity index (χ4n) is 2.54. The lowest BCUT2D eigenvalue weighted by molar-refractivity contribution is -0.386. The van der Waals surface area contributed by atoms with Crippen LogP contribution >= 0.6 is 11.3 Å². The summed E-state index contributed by atoms with van der Waals surface area (Å²) < 4.78 is 0. The number of amides is 1. The molecule has 0 atom stereocenters. The van der Waals surface area contributed by atoms with Gasteiger partial charge >= 0.3 is 5.97 Å². The zero-order valence-electron chi connectivity index (χ0n) is 13.2. The third kappa shape index (κ3) is 3.40. The van der Waals surface area contributed by atoms with Crippen LogP contribution in [0.1, 0.15) is 42.5 Å². The Morgan fingerprint density at radius 2 is 2.00 bits per heavy atom.